The van der Waals surface area contributed by atoms with Crippen molar-refractivity contribution in [2.75, 3.05) is 20.1 Å². The van der Waals surface area contributed by atoms with Gasteiger partial charge in [0.1, 0.15) is 0 Å². The Kier molecular flexibility index (Phi) is 4.14. The average Bonchev–Trinajstić information content (AvgIpc) is 2.60. The van der Waals surface area contributed by atoms with Crippen LogP contribution in [0, 0.1) is 5.92 Å². The van der Waals surface area contributed by atoms with E-state index in [4.69, 9.17) is 0 Å². The quantitative estimate of drug-likeness (QED) is 0.777. The summed E-state index contributed by atoms with van der Waals surface area (Å²) < 4.78 is 73.9. The van der Waals surface area contributed by atoms with Crippen LogP contribution in [0.2, 0.25) is 0 Å². The summed E-state index contributed by atoms with van der Waals surface area (Å²) in [6.45, 7) is -0.245. The van der Waals surface area contributed by atoms with Crippen LogP contribution in [0.4, 0.5) is 26.3 Å². The minimum absolute atomic E-state index is 0.104. The normalized spacial score (nSPS) is 21.8. The van der Waals surface area contributed by atoms with Crippen molar-refractivity contribution in [2.24, 2.45) is 5.92 Å². The van der Waals surface area contributed by atoms with Crippen LogP contribution in [0.25, 0.3) is 0 Å². The Bertz CT molecular complexity index is 299. The van der Waals surface area contributed by atoms with Crippen molar-refractivity contribution in [3.63, 3.8) is 0 Å². The van der Waals surface area contributed by atoms with Gasteiger partial charge in [-0.2, -0.15) is 26.3 Å². The zero-order valence-electron chi connectivity index (χ0n) is 9.40. The van der Waals surface area contributed by atoms with E-state index in [9.17, 15) is 31.1 Å². The number of likely N-dealkylation sites (N-methyl/N-ethyl adjacent to an activating group) is 1. The molecule has 1 aliphatic rings. The van der Waals surface area contributed by atoms with Crippen LogP contribution in [0.1, 0.15) is 6.42 Å². The van der Waals surface area contributed by atoms with Crippen LogP contribution in [0.5, 0.6) is 0 Å². The van der Waals surface area contributed by atoms with Crippen molar-refractivity contribution >= 4 is 5.91 Å². The van der Waals surface area contributed by atoms with E-state index in [-0.39, 0.29) is 19.1 Å². The lowest BCUT2D eigenvalue weighted by atomic mass is 10.1. The number of amides is 1. The predicted molar refractivity (Wildman–Crippen MR) is 49.6 cm³/mol. The SMILES string of the molecule is CNC1CCN(C(=O)C(C(F)(F)F)C(F)(F)F)C1. The van der Waals surface area contributed by atoms with Gasteiger partial charge >= 0.3 is 12.4 Å². The smallest absolute Gasteiger partial charge is 0.340 e. The second kappa shape index (κ2) is 4.94. The Hall–Kier alpha value is -0.990. The molecule has 0 aromatic carbocycles. The number of nitrogens with zero attached hydrogens (tertiary/aromatic N) is 1. The van der Waals surface area contributed by atoms with Gasteiger partial charge in [-0.05, 0) is 13.5 Å². The predicted octanol–water partition coefficient (Wildman–Crippen LogP) is 1.55. The molecule has 1 heterocycles. The van der Waals surface area contributed by atoms with Gasteiger partial charge in [-0.15, -0.1) is 0 Å². The average molecular weight is 278 g/mol. The lowest BCUT2D eigenvalue weighted by Gasteiger charge is -2.26. The molecule has 1 unspecified atom stereocenters. The molecule has 18 heavy (non-hydrogen) atoms. The number of carbonyl (C=O) groups is 1. The van der Waals surface area contributed by atoms with Crippen LogP contribution in [-0.4, -0.2) is 49.3 Å². The van der Waals surface area contributed by atoms with Crippen LogP contribution >= 0.6 is 0 Å². The van der Waals surface area contributed by atoms with Gasteiger partial charge in [-0.25, -0.2) is 0 Å². The molecule has 0 aromatic rings. The second-order valence-corrected chi connectivity index (χ2v) is 4.07. The number of alkyl halides is 6. The highest BCUT2D eigenvalue weighted by Gasteiger charge is 2.62. The van der Waals surface area contributed by atoms with Crippen LogP contribution in [0.3, 0.4) is 0 Å². The van der Waals surface area contributed by atoms with Gasteiger partial charge in [0.05, 0.1) is 0 Å². The van der Waals surface area contributed by atoms with Crippen LogP contribution in [-0.2, 0) is 4.79 Å². The van der Waals surface area contributed by atoms with Crippen molar-refractivity contribution < 1.29 is 31.1 Å². The monoisotopic (exact) mass is 278 g/mol. The van der Waals surface area contributed by atoms with E-state index in [1.165, 1.54) is 7.05 Å². The number of hydrogen-bond donors (Lipinski definition) is 1. The molecule has 1 amide bonds. The minimum atomic E-state index is -5.62. The van der Waals surface area contributed by atoms with Gasteiger partial charge in [-0.3, -0.25) is 4.79 Å². The van der Waals surface area contributed by atoms with Crippen molar-refractivity contribution in [3.8, 4) is 0 Å². The molecule has 0 saturated carbocycles. The van der Waals surface area contributed by atoms with Crippen molar-refractivity contribution in [1.82, 2.24) is 10.2 Å². The molecule has 9 heteroatoms. The Labute approximate surface area is 99.1 Å². The topological polar surface area (TPSA) is 32.3 Å². The molecule has 106 valence electrons. The van der Waals surface area contributed by atoms with E-state index >= 15 is 0 Å². The number of nitrogens with one attached hydrogen (secondary N) is 1. The molecule has 0 radical (unpaired) electrons. The van der Waals surface area contributed by atoms with E-state index in [1.54, 1.807) is 0 Å². The molecule has 1 atom stereocenters. The first kappa shape index (κ1) is 15.1. The molecule has 1 rings (SSSR count). The third-order valence-corrected chi connectivity index (χ3v) is 2.81. The summed E-state index contributed by atoms with van der Waals surface area (Å²) in [6, 6.07) is -0.268. The molecule has 1 saturated heterocycles. The lowest BCUT2D eigenvalue weighted by Crippen LogP contribution is -2.49. The summed E-state index contributed by atoms with van der Waals surface area (Å²) in [5, 5.41) is 2.71. The van der Waals surface area contributed by atoms with Crippen molar-refractivity contribution in [3.05, 3.63) is 0 Å². The van der Waals surface area contributed by atoms with Crippen molar-refractivity contribution in [2.45, 2.75) is 24.8 Å². The summed E-state index contributed by atoms with van der Waals surface area (Å²) in [4.78, 5) is 12.0. The first-order valence-corrected chi connectivity index (χ1v) is 5.17. The van der Waals surface area contributed by atoms with Gasteiger partial charge in [0, 0.05) is 19.1 Å². The minimum Gasteiger partial charge on any atom is -0.340 e. The number of halogens is 6. The molecule has 1 aliphatic heterocycles. The van der Waals surface area contributed by atoms with Gasteiger partial charge in [0.25, 0.3) is 0 Å². The van der Waals surface area contributed by atoms with Gasteiger partial charge in [-0.1, -0.05) is 0 Å². The van der Waals surface area contributed by atoms with Gasteiger partial charge < -0.3 is 10.2 Å². The molecule has 3 nitrogen and oxygen atoms in total. The molecule has 0 spiro atoms. The van der Waals surface area contributed by atoms with Gasteiger partial charge in [0.15, 0.2) is 0 Å². The summed E-state index contributed by atoms with van der Waals surface area (Å²) >= 11 is 0. The fraction of sp³-hybridized carbons (Fsp3) is 0.889. The summed E-state index contributed by atoms with van der Waals surface area (Å²) in [5.41, 5.74) is 0. The maximum Gasteiger partial charge on any atom is 0.409 e. The number of hydrogen-bond acceptors (Lipinski definition) is 2. The largest absolute Gasteiger partial charge is 0.409 e. The zero-order valence-corrected chi connectivity index (χ0v) is 9.40. The molecular formula is C9H12F6N2O. The van der Waals surface area contributed by atoms with E-state index in [0.717, 1.165) is 0 Å². The number of likely N-dealkylation sites (tertiary alicyclic amines) is 1. The molecule has 0 aromatic heterocycles. The number of rotatable bonds is 2. The highest BCUT2D eigenvalue weighted by Crippen LogP contribution is 2.40. The summed E-state index contributed by atoms with van der Waals surface area (Å²) in [6.07, 6.45) is -10.9. The second-order valence-electron chi connectivity index (χ2n) is 4.07. The van der Waals surface area contributed by atoms with Crippen LogP contribution < -0.4 is 5.32 Å². The molecule has 0 bridgehead atoms. The zero-order chi connectivity index (χ0) is 14.1. The Morgan fingerprint density at radius 2 is 1.72 bits per heavy atom. The lowest BCUT2D eigenvalue weighted by molar-refractivity contribution is -0.277. The standard InChI is InChI=1S/C9H12F6N2O/c1-16-5-2-3-17(4-5)7(18)6(8(10,11)12)9(13,14)15/h5-6,16H,2-4H2,1H3. The van der Waals surface area contributed by atoms with Gasteiger partial charge in [0.2, 0.25) is 11.8 Å². The molecule has 0 aliphatic carbocycles. The Balaban J connectivity index is 2.85. The maximum absolute atomic E-state index is 12.3. The molecular weight excluding hydrogens is 266 g/mol. The Morgan fingerprint density at radius 3 is 2.06 bits per heavy atom. The number of carbonyl (C=O) groups excluding carboxylic acids is 1. The first-order valence-electron chi connectivity index (χ1n) is 5.17. The van der Waals surface area contributed by atoms with Crippen LogP contribution in [0.15, 0.2) is 0 Å². The highest BCUT2D eigenvalue weighted by molar-refractivity contribution is 5.80. The first-order chi connectivity index (χ1) is 8.07. The third-order valence-electron chi connectivity index (χ3n) is 2.81. The van der Waals surface area contributed by atoms with Crippen molar-refractivity contribution in [1.29, 1.82) is 0 Å². The summed E-state index contributed by atoms with van der Waals surface area (Å²) in [5.74, 6) is -5.85. The molecule has 1 fully saturated rings. The van der Waals surface area contributed by atoms with E-state index < -0.39 is 24.2 Å². The maximum atomic E-state index is 12.3. The fourth-order valence-electron chi connectivity index (χ4n) is 1.84. The Morgan fingerprint density at radius 1 is 1.22 bits per heavy atom. The molecule has 1 N–H and O–H groups in total. The van der Waals surface area contributed by atoms with E-state index in [2.05, 4.69) is 5.32 Å². The highest BCUT2D eigenvalue weighted by atomic mass is 19.4. The van der Waals surface area contributed by atoms with E-state index in [0.29, 0.717) is 11.3 Å². The van der Waals surface area contributed by atoms with E-state index in [1.807, 2.05) is 0 Å². The third kappa shape index (κ3) is 3.27. The fourth-order valence-corrected chi connectivity index (χ4v) is 1.84. The summed E-state index contributed by atoms with van der Waals surface area (Å²) in [7, 11) is 1.53.